The molecule has 0 N–H and O–H groups in total. The molecule has 0 heteroatoms. The molecule has 0 fully saturated rings. The Kier molecular flexibility index (Phi) is 10.2. The van der Waals surface area contributed by atoms with Crippen molar-refractivity contribution >= 4 is 0 Å². The molecule has 0 aliphatic rings. The van der Waals surface area contributed by atoms with Crippen molar-refractivity contribution in [1.29, 1.82) is 0 Å². The lowest BCUT2D eigenvalue weighted by Gasteiger charge is -2.21. The molecule has 0 aliphatic carbocycles. The van der Waals surface area contributed by atoms with Crippen LogP contribution in [0.5, 0.6) is 0 Å². The Morgan fingerprint density at radius 1 is 0.750 bits per heavy atom. The fourth-order valence-electron chi connectivity index (χ4n) is 2.76. The van der Waals surface area contributed by atoms with E-state index in [4.69, 9.17) is 0 Å². The van der Waals surface area contributed by atoms with E-state index in [1.807, 2.05) is 0 Å². The normalized spacial score (nSPS) is 17.1. The Morgan fingerprint density at radius 3 is 1.88 bits per heavy atom. The van der Waals surface area contributed by atoms with Gasteiger partial charge >= 0.3 is 0 Å². The average Bonchev–Trinajstić information content (AvgIpc) is 2.28. The number of unbranched alkanes of at least 4 members (excludes halogenated alkanes) is 1. The average molecular weight is 226 g/mol. The predicted molar refractivity (Wildman–Crippen MR) is 75.8 cm³/mol. The van der Waals surface area contributed by atoms with E-state index in [0.717, 1.165) is 17.8 Å². The zero-order chi connectivity index (χ0) is 12.4. The van der Waals surface area contributed by atoms with E-state index in [-0.39, 0.29) is 0 Å². The molecule has 0 heterocycles. The molecule has 0 aromatic rings. The van der Waals surface area contributed by atoms with Crippen LogP contribution in [0.15, 0.2) is 0 Å². The van der Waals surface area contributed by atoms with Crippen molar-refractivity contribution < 1.29 is 0 Å². The maximum absolute atomic E-state index is 2.42. The van der Waals surface area contributed by atoms with Gasteiger partial charge in [-0.2, -0.15) is 0 Å². The van der Waals surface area contributed by atoms with Gasteiger partial charge in [-0.25, -0.2) is 0 Å². The minimum absolute atomic E-state index is 0.929. The van der Waals surface area contributed by atoms with Crippen LogP contribution in [0, 0.1) is 17.8 Å². The summed E-state index contributed by atoms with van der Waals surface area (Å²) in [5.74, 6) is 2.86. The van der Waals surface area contributed by atoms with E-state index in [0.29, 0.717) is 0 Å². The highest BCUT2D eigenvalue weighted by atomic mass is 14.2. The molecular weight excluding hydrogens is 192 g/mol. The van der Waals surface area contributed by atoms with Crippen molar-refractivity contribution in [3.05, 3.63) is 0 Å². The molecule has 0 amide bonds. The van der Waals surface area contributed by atoms with Gasteiger partial charge < -0.3 is 0 Å². The van der Waals surface area contributed by atoms with Gasteiger partial charge in [0.05, 0.1) is 0 Å². The number of hydrogen-bond acceptors (Lipinski definition) is 0. The first kappa shape index (κ1) is 16.0. The van der Waals surface area contributed by atoms with Crippen LogP contribution >= 0.6 is 0 Å². The van der Waals surface area contributed by atoms with E-state index in [2.05, 4.69) is 34.6 Å². The molecule has 3 unspecified atom stereocenters. The minimum Gasteiger partial charge on any atom is -0.0654 e. The third-order valence-corrected chi connectivity index (χ3v) is 4.28. The lowest BCUT2D eigenvalue weighted by atomic mass is 9.85. The molecule has 0 radical (unpaired) electrons. The van der Waals surface area contributed by atoms with E-state index in [1.165, 1.54) is 51.4 Å². The first-order chi connectivity index (χ1) is 7.65. The van der Waals surface area contributed by atoms with Gasteiger partial charge in [-0.05, 0) is 17.8 Å². The Morgan fingerprint density at radius 2 is 1.38 bits per heavy atom. The summed E-state index contributed by atoms with van der Waals surface area (Å²) in [6.45, 7) is 11.8. The third kappa shape index (κ3) is 7.30. The van der Waals surface area contributed by atoms with Crippen molar-refractivity contribution in [1.82, 2.24) is 0 Å². The van der Waals surface area contributed by atoms with Gasteiger partial charge in [0.2, 0.25) is 0 Å². The summed E-state index contributed by atoms with van der Waals surface area (Å²) < 4.78 is 0. The second-order valence-electron chi connectivity index (χ2n) is 5.73. The quantitative estimate of drug-likeness (QED) is 0.397. The summed E-state index contributed by atoms with van der Waals surface area (Å²) in [6, 6.07) is 0. The first-order valence-corrected chi connectivity index (χ1v) is 7.65. The minimum atomic E-state index is 0.929. The van der Waals surface area contributed by atoms with Gasteiger partial charge in [-0.1, -0.05) is 86.0 Å². The fourth-order valence-corrected chi connectivity index (χ4v) is 2.76. The van der Waals surface area contributed by atoms with Crippen LogP contribution in [-0.2, 0) is 0 Å². The first-order valence-electron chi connectivity index (χ1n) is 7.65. The van der Waals surface area contributed by atoms with Gasteiger partial charge in [0.15, 0.2) is 0 Å². The summed E-state index contributed by atoms with van der Waals surface area (Å²) in [4.78, 5) is 0. The number of rotatable bonds is 10. The topological polar surface area (TPSA) is 0 Å². The SMILES string of the molecule is CCCC(C)CCCCC(CC)C(C)CC. The molecule has 0 aromatic heterocycles. The Balaban J connectivity index is 3.55. The summed E-state index contributed by atoms with van der Waals surface area (Å²) in [7, 11) is 0. The van der Waals surface area contributed by atoms with Crippen LogP contribution in [0.3, 0.4) is 0 Å². The Labute approximate surface area is 104 Å². The molecule has 0 aromatic carbocycles. The van der Waals surface area contributed by atoms with Crippen molar-refractivity contribution in [2.24, 2.45) is 17.8 Å². The molecule has 16 heavy (non-hydrogen) atoms. The van der Waals surface area contributed by atoms with Gasteiger partial charge in [0, 0.05) is 0 Å². The molecule has 0 saturated carbocycles. The highest BCUT2D eigenvalue weighted by Gasteiger charge is 2.13. The largest absolute Gasteiger partial charge is 0.0654 e. The zero-order valence-electron chi connectivity index (χ0n) is 12.4. The molecule has 0 aliphatic heterocycles. The van der Waals surface area contributed by atoms with Gasteiger partial charge in [0.1, 0.15) is 0 Å². The summed E-state index contributed by atoms with van der Waals surface area (Å²) >= 11 is 0. The van der Waals surface area contributed by atoms with E-state index < -0.39 is 0 Å². The summed E-state index contributed by atoms with van der Waals surface area (Å²) in [6.07, 6.45) is 11.3. The lowest BCUT2D eigenvalue weighted by Crippen LogP contribution is -2.10. The van der Waals surface area contributed by atoms with E-state index in [1.54, 1.807) is 0 Å². The second-order valence-corrected chi connectivity index (χ2v) is 5.73. The maximum Gasteiger partial charge on any atom is -0.0391 e. The van der Waals surface area contributed by atoms with Crippen molar-refractivity contribution in [2.75, 3.05) is 0 Å². The van der Waals surface area contributed by atoms with Gasteiger partial charge in [-0.15, -0.1) is 0 Å². The van der Waals surface area contributed by atoms with Crippen LogP contribution in [0.1, 0.15) is 86.0 Å². The molecule has 3 atom stereocenters. The van der Waals surface area contributed by atoms with Crippen LogP contribution in [0.2, 0.25) is 0 Å². The summed E-state index contributed by atoms with van der Waals surface area (Å²) in [5, 5.41) is 0. The van der Waals surface area contributed by atoms with Crippen LogP contribution in [0.4, 0.5) is 0 Å². The lowest BCUT2D eigenvalue weighted by molar-refractivity contribution is 0.303. The van der Waals surface area contributed by atoms with Gasteiger partial charge in [-0.3, -0.25) is 0 Å². The molecule has 0 spiro atoms. The third-order valence-electron chi connectivity index (χ3n) is 4.28. The van der Waals surface area contributed by atoms with Crippen LogP contribution < -0.4 is 0 Å². The summed E-state index contributed by atoms with van der Waals surface area (Å²) in [5.41, 5.74) is 0. The molecular formula is C16H34. The van der Waals surface area contributed by atoms with Crippen LogP contribution in [-0.4, -0.2) is 0 Å². The highest BCUT2D eigenvalue weighted by Crippen LogP contribution is 2.25. The monoisotopic (exact) mass is 226 g/mol. The van der Waals surface area contributed by atoms with Gasteiger partial charge in [0.25, 0.3) is 0 Å². The van der Waals surface area contributed by atoms with Crippen molar-refractivity contribution in [2.45, 2.75) is 86.0 Å². The van der Waals surface area contributed by atoms with E-state index >= 15 is 0 Å². The number of hydrogen-bond donors (Lipinski definition) is 0. The fraction of sp³-hybridized carbons (Fsp3) is 1.00. The molecule has 0 saturated heterocycles. The van der Waals surface area contributed by atoms with Crippen molar-refractivity contribution in [3.8, 4) is 0 Å². The highest BCUT2D eigenvalue weighted by molar-refractivity contribution is 4.64. The smallest absolute Gasteiger partial charge is 0.0391 e. The second kappa shape index (κ2) is 10.2. The molecule has 0 bridgehead atoms. The zero-order valence-corrected chi connectivity index (χ0v) is 12.4. The van der Waals surface area contributed by atoms with Crippen molar-refractivity contribution in [3.63, 3.8) is 0 Å². The molecule has 98 valence electrons. The Bertz CT molecular complexity index is 139. The predicted octanol–water partition coefficient (Wildman–Crippen LogP) is 6.06. The standard InChI is InChI=1S/C16H34/c1-6-11-14(4)12-9-10-13-16(8-3)15(5)7-2/h14-16H,6-13H2,1-5H3. The van der Waals surface area contributed by atoms with E-state index in [9.17, 15) is 0 Å². The Hall–Kier alpha value is 0. The molecule has 0 nitrogen and oxygen atoms in total. The molecule has 0 rings (SSSR count). The van der Waals surface area contributed by atoms with Crippen LogP contribution in [0.25, 0.3) is 0 Å². The maximum atomic E-state index is 2.42.